The number of pyridine rings is 1. The van der Waals surface area contributed by atoms with Gasteiger partial charge in [-0.1, -0.05) is 11.2 Å². The van der Waals surface area contributed by atoms with Gasteiger partial charge in [-0.25, -0.2) is 9.97 Å². The number of phenols is 1. The number of hydrogen-bond donors (Lipinski definition) is 1. The van der Waals surface area contributed by atoms with Gasteiger partial charge in [-0.3, -0.25) is 9.47 Å². The average molecular weight is 418 g/mol. The van der Waals surface area contributed by atoms with Gasteiger partial charge >= 0.3 is 0 Å². The van der Waals surface area contributed by atoms with Crippen molar-refractivity contribution in [3.05, 3.63) is 66.7 Å². The number of phenolic OH excluding ortho intramolecular Hbond substituents is 1. The molecule has 0 saturated carbocycles. The summed E-state index contributed by atoms with van der Waals surface area (Å²) in [5.41, 5.74) is 1.63. The van der Waals surface area contributed by atoms with Crippen LogP contribution in [0.25, 0.3) is 17.2 Å². The highest BCUT2D eigenvalue weighted by molar-refractivity contribution is 5.53. The zero-order valence-corrected chi connectivity index (χ0v) is 17.0. The Morgan fingerprint density at radius 1 is 1.26 bits per heavy atom. The molecule has 1 aromatic carbocycles. The van der Waals surface area contributed by atoms with E-state index in [9.17, 15) is 5.11 Å². The molecular formula is C22H22N6O3. The molecule has 4 heterocycles. The molecule has 3 aromatic heterocycles. The summed E-state index contributed by atoms with van der Waals surface area (Å²) < 4.78 is 12.6. The lowest BCUT2D eigenvalue weighted by Crippen LogP contribution is -2.23. The maximum atomic E-state index is 10.3. The van der Waals surface area contributed by atoms with Crippen LogP contribution in [-0.4, -0.2) is 48.3 Å². The lowest BCUT2D eigenvalue weighted by atomic mass is 10.1. The van der Waals surface area contributed by atoms with E-state index in [1.165, 1.54) is 0 Å². The van der Waals surface area contributed by atoms with E-state index in [2.05, 4.69) is 25.0 Å². The fourth-order valence-electron chi connectivity index (χ4n) is 3.87. The number of likely N-dealkylation sites (tertiary alicyclic amines) is 1. The van der Waals surface area contributed by atoms with Gasteiger partial charge in [0.2, 0.25) is 11.7 Å². The van der Waals surface area contributed by atoms with Crippen LogP contribution in [0.15, 0.2) is 59.8 Å². The number of hydrogen-bond acceptors (Lipinski definition) is 8. The molecule has 0 amide bonds. The van der Waals surface area contributed by atoms with Crippen molar-refractivity contribution in [2.75, 3.05) is 13.7 Å². The highest BCUT2D eigenvalue weighted by Gasteiger charge is 2.31. The van der Waals surface area contributed by atoms with Crippen molar-refractivity contribution in [3.63, 3.8) is 0 Å². The first kappa shape index (κ1) is 19.3. The quantitative estimate of drug-likeness (QED) is 0.508. The number of rotatable bonds is 6. The molecule has 31 heavy (non-hydrogen) atoms. The van der Waals surface area contributed by atoms with Crippen LogP contribution >= 0.6 is 0 Å². The van der Waals surface area contributed by atoms with Crippen molar-refractivity contribution in [3.8, 4) is 28.7 Å². The lowest BCUT2D eigenvalue weighted by molar-refractivity contribution is 0.199. The predicted molar refractivity (Wildman–Crippen MR) is 112 cm³/mol. The van der Waals surface area contributed by atoms with E-state index in [-0.39, 0.29) is 11.8 Å². The Bertz CT molecular complexity index is 1160. The Morgan fingerprint density at radius 2 is 2.19 bits per heavy atom. The van der Waals surface area contributed by atoms with E-state index in [1.54, 1.807) is 31.9 Å². The molecule has 1 fully saturated rings. The van der Waals surface area contributed by atoms with Gasteiger partial charge in [0.25, 0.3) is 0 Å². The van der Waals surface area contributed by atoms with Gasteiger partial charge in [0.05, 0.1) is 13.2 Å². The van der Waals surface area contributed by atoms with Gasteiger partial charge in [0.15, 0.2) is 0 Å². The number of aromatic nitrogens is 5. The summed E-state index contributed by atoms with van der Waals surface area (Å²) in [7, 11) is 1.58. The Balaban J connectivity index is 1.32. The molecule has 0 spiro atoms. The second kappa shape index (κ2) is 8.19. The van der Waals surface area contributed by atoms with E-state index >= 15 is 0 Å². The zero-order valence-electron chi connectivity index (χ0n) is 17.0. The lowest BCUT2D eigenvalue weighted by Gasteiger charge is -2.22. The van der Waals surface area contributed by atoms with Gasteiger partial charge in [-0.05, 0) is 37.6 Å². The number of methoxy groups -OCH3 is 1. The molecule has 9 nitrogen and oxygen atoms in total. The van der Waals surface area contributed by atoms with Crippen molar-refractivity contribution in [2.45, 2.75) is 25.4 Å². The molecule has 158 valence electrons. The molecular weight excluding hydrogens is 396 g/mol. The van der Waals surface area contributed by atoms with Gasteiger partial charge in [0, 0.05) is 42.3 Å². The topological polar surface area (TPSA) is 102 Å². The number of benzene rings is 1. The number of ether oxygens (including phenoxy) is 1. The summed E-state index contributed by atoms with van der Waals surface area (Å²) in [6.45, 7) is 1.49. The van der Waals surface area contributed by atoms with Crippen LogP contribution in [0.1, 0.15) is 30.3 Å². The van der Waals surface area contributed by atoms with Gasteiger partial charge < -0.3 is 14.4 Å². The SMILES string of the molecule is COc1ccc(CN2CCCC2c2nc(-c3ccc(-n4ccnc4)nc3)no2)c(O)c1. The Labute approximate surface area is 178 Å². The monoisotopic (exact) mass is 418 g/mol. The van der Waals surface area contributed by atoms with Crippen molar-refractivity contribution in [1.29, 1.82) is 0 Å². The first-order valence-electron chi connectivity index (χ1n) is 10.1. The summed E-state index contributed by atoms with van der Waals surface area (Å²) >= 11 is 0. The minimum Gasteiger partial charge on any atom is -0.507 e. The predicted octanol–water partition coefficient (Wildman–Crippen LogP) is 3.37. The second-order valence-electron chi connectivity index (χ2n) is 7.45. The molecule has 1 aliphatic rings. The first-order chi connectivity index (χ1) is 15.2. The summed E-state index contributed by atoms with van der Waals surface area (Å²) in [4.78, 5) is 15.4. The molecule has 5 rings (SSSR count). The maximum absolute atomic E-state index is 10.3. The Morgan fingerprint density at radius 3 is 2.94 bits per heavy atom. The summed E-state index contributed by atoms with van der Waals surface area (Å²) in [5.74, 6) is 2.72. The fourth-order valence-corrected chi connectivity index (χ4v) is 3.87. The maximum Gasteiger partial charge on any atom is 0.244 e. The summed E-state index contributed by atoms with van der Waals surface area (Å²) in [6, 6.07) is 9.19. The van der Waals surface area contributed by atoms with E-state index in [0.717, 1.165) is 36.3 Å². The molecule has 1 N–H and O–H groups in total. The minimum atomic E-state index is 0.0148. The summed E-state index contributed by atoms with van der Waals surface area (Å²) in [6.07, 6.45) is 8.93. The van der Waals surface area contributed by atoms with Crippen LogP contribution < -0.4 is 4.74 Å². The molecule has 0 bridgehead atoms. The van der Waals surface area contributed by atoms with Crippen molar-refractivity contribution in [2.24, 2.45) is 0 Å². The smallest absolute Gasteiger partial charge is 0.244 e. The molecule has 1 atom stereocenters. The highest BCUT2D eigenvalue weighted by atomic mass is 16.5. The van der Waals surface area contributed by atoms with Gasteiger partial charge in [-0.15, -0.1) is 0 Å². The van der Waals surface area contributed by atoms with Crippen molar-refractivity contribution >= 4 is 0 Å². The molecule has 1 aliphatic heterocycles. The molecule has 9 heteroatoms. The highest BCUT2D eigenvalue weighted by Crippen LogP contribution is 2.35. The molecule has 4 aromatic rings. The van der Waals surface area contributed by atoms with Crippen LogP contribution in [0, 0.1) is 0 Å². The molecule has 0 aliphatic carbocycles. The van der Waals surface area contributed by atoms with E-state index in [0.29, 0.717) is 24.0 Å². The largest absolute Gasteiger partial charge is 0.507 e. The van der Waals surface area contributed by atoms with Crippen LogP contribution in [0.5, 0.6) is 11.5 Å². The van der Waals surface area contributed by atoms with Gasteiger partial charge in [0.1, 0.15) is 23.6 Å². The first-order valence-corrected chi connectivity index (χ1v) is 10.1. The van der Waals surface area contributed by atoms with Crippen LogP contribution in [0.3, 0.4) is 0 Å². The van der Waals surface area contributed by atoms with E-state index in [4.69, 9.17) is 9.26 Å². The zero-order chi connectivity index (χ0) is 21.2. The van der Waals surface area contributed by atoms with Gasteiger partial charge in [-0.2, -0.15) is 4.98 Å². The van der Waals surface area contributed by atoms with Crippen molar-refractivity contribution < 1.29 is 14.4 Å². The normalized spacial score (nSPS) is 16.6. The standard InChI is InChI=1S/C22H22N6O3/c1-30-17-6-4-16(19(29)11-17)13-27-9-2-3-18(27)22-25-21(26-31-22)15-5-7-20(24-12-15)28-10-8-23-14-28/h4-8,10-12,14,18,29H,2-3,9,13H2,1H3. The fraction of sp³-hybridized carbons (Fsp3) is 0.273. The molecule has 1 unspecified atom stereocenters. The third-order valence-corrected chi connectivity index (χ3v) is 5.53. The van der Waals surface area contributed by atoms with Crippen LogP contribution in [0.4, 0.5) is 0 Å². The van der Waals surface area contributed by atoms with E-state index < -0.39 is 0 Å². The second-order valence-corrected chi connectivity index (χ2v) is 7.45. The minimum absolute atomic E-state index is 0.0148. The Kier molecular flexibility index (Phi) is 5.09. The molecule has 0 radical (unpaired) electrons. The van der Waals surface area contributed by atoms with E-state index in [1.807, 2.05) is 35.0 Å². The third kappa shape index (κ3) is 3.87. The number of nitrogens with zero attached hydrogens (tertiary/aromatic N) is 6. The molecule has 1 saturated heterocycles. The summed E-state index contributed by atoms with van der Waals surface area (Å²) in [5, 5.41) is 14.5. The average Bonchev–Trinajstić information content (AvgIpc) is 3.56. The Hall–Kier alpha value is -3.72. The van der Waals surface area contributed by atoms with Crippen molar-refractivity contribution in [1.82, 2.24) is 29.6 Å². The third-order valence-electron chi connectivity index (χ3n) is 5.53. The number of aromatic hydroxyl groups is 1. The number of imidazole rings is 1. The van der Waals surface area contributed by atoms with Crippen LogP contribution in [-0.2, 0) is 6.54 Å². The van der Waals surface area contributed by atoms with Crippen LogP contribution in [0.2, 0.25) is 0 Å².